The number of hydrogen-bond donors (Lipinski definition) is 3. The van der Waals surface area contributed by atoms with Crippen LogP contribution in [0.3, 0.4) is 0 Å². The Morgan fingerprint density at radius 1 is 1.10 bits per heavy atom. The molecule has 7 atom stereocenters. The fourth-order valence-corrected chi connectivity index (χ4v) is 9.15. The lowest BCUT2D eigenvalue weighted by atomic mass is 9.88. The predicted octanol–water partition coefficient (Wildman–Crippen LogP) is 4.96. The van der Waals surface area contributed by atoms with E-state index in [1.165, 1.54) is 12.0 Å². The van der Waals surface area contributed by atoms with Gasteiger partial charge in [-0.2, -0.15) is 4.98 Å². The van der Waals surface area contributed by atoms with Crippen molar-refractivity contribution >= 4 is 44.6 Å². The molecule has 0 bridgehead atoms. The lowest BCUT2D eigenvalue weighted by Gasteiger charge is -2.35. The molecule has 2 aliphatic heterocycles. The number of aromatic nitrogens is 1. The minimum Gasteiger partial charge on any atom is -0.481 e. The number of sulfonamides is 1. The van der Waals surface area contributed by atoms with Crippen LogP contribution in [0.25, 0.3) is 10.8 Å². The molecule has 0 radical (unpaired) electrons. The second-order valence-corrected chi connectivity index (χ2v) is 19.0. The van der Waals surface area contributed by atoms with Gasteiger partial charge in [0.25, 0.3) is 11.8 Å². The van der Waals surface area contributed by atoms with Gasteiger partial charge >= 0.3 is 6.09 Å². The number of nitrogens with zero attached hydrogens (tertiary/aromatic N) is 2. The zero-order valence-electron chi connectivity index (χ0n) is 33.5. The summed E-state index contributed by atoms with van der Waals surface area (Å²) >= 11 is 0. The van der Waals surface area contributed by atoms with Crippen molar-refractivity contribution in [2.75, 3.05) is 20.3 Å². The number of nitrogens with one attached hydrogen (secondary N) is 3. The minimum atomic E-state index is -4.44. The lowest BCUT2D eigenvalue weighted by Crippen LogP contribution is -2.60. The highest BCUT2D eigenvalue weighted by Crippen LogP contribution is 2.48. The van der Waals surface area contributed by atoms with Gasteiger partial charge in [0.05, 0.1) is 13.7 Å². The van der Waals surface area contributed by atoms with Crippen LogP contribution in [0.15, 0.2) is 42.5 Å². The largest absolute Gasteiger partial charge is 0.481 e. The fourth-order valence-electron chi connectivity index (χ4n) is 7.72. The van der Waals surface area contributed by atoms with Crippen molar-refractivity contribution in [1.29, 1.82) is 0 Å². The van der Waals surface area contributed by atoms with Crippen molar-refractivity contribution < 1.29 is 55.0 Å². The van der Waals surface area contributed by atoms with Crippen molar-refractivity contribution in [1.82, 2.24) is 25.2 Å². The Kier molecular flexibility index (Phi) is 11.8. The second kappa shape index (κ2) is 15.9. The van der Waals surface area contributed by atoms with Crippen LogP contribution in [0.2, 0.25) is 0 Å². The average molecular weight is 836 g/mol. The molecule has 1 aromatic carbocycles. The summed E-state index contributed by atoms with van der Waals surface area (Å²) in [7, 11) is -3.00. The number of ether oxygens (including phenoxy) is 3. The summed E-state index contributed by atoms with van der Waals surface area (Å²) in [6, 6.07) is 6.26. The summed E-state index contributed by atoms with van der Waals surface area (Å²) < 4.78 is 86.3. The summed E-state index contributed by atoms with van der Waals surface area (Å²) in [5.41, 5.74) is -3.97. The van der Waals surface area contributed by atoms with Crippen LogP contribution < -0.4 is 24.8 Å². The van der Waals surface area contributed by atoms with E-state index >= 15 is 0 Å². The van der Waals surface area contributed by atoms with Gasteiger partial charge in [-0.15, -0.1) is 0 Å². The number of allylic oxidation sites excluding steroid dienone is 1. The van der Waals surface area contributed by atoms with Crippen LogP contribution >= 0.6 is 0 Å². The third kappa shape index (κ3) is 8.57. The van der Waals surface area contributed by atoms with Crippen LogP contribution in [0.1, 0.15) is 79.6 Å². The van der Waals surface area contributed by atoms with Gasteiger partial charge in [0.1, 0.15) is 35.1 Å². The summed E-state index contributed by atoms with van der Waals surface area (Å²) in [5.74, 6) is -6.78. The molecule has 1 saturated heterocycles. The van der Waals surface area contributed by atoms with Crippen LogP contribution in [0.4, 0.5) is 18.0 Å². The molecule has 2 aromatic rings. The Balaban J connectivity index is 1.36. The average Bonchev–Trinajstić information content (AvgIpc) is 4.06. The monoisotopic (exact) mass is 835 g/mol. The van der Waals surface area contributed by atoms with Gasteiger partial charge < -0.3 is 29.7 Å². The Hall–Kier alpha value is -4.61. The maximum Gasteiger partial charge on any atom is 0.408 e. The molecule has 18 heteroatoms. The Morgan fingerprint density at radius 3 is 2.47 bits per heavy atom. The normalized spacial score (nSPS) is 29.4. The number of amides is 4. The molecule has 1 aromatic heterocycles. The summed E-state index contributed by atoms with van der Waals surface area (Å²) in [4.78, 5) is 62.2. The van der Waals surface area contributed by atoms with Gasteiger partial charge in [-0.25, -0.2) is 26.4 Å². The molecule has 318 valence electrons. The molecular formula is C40H52F3N5O9S. The molecule has 2 unspecified atom stereocenters. The summed E-state index contributed by atoms with van der Waals surface area (Å²) in [6.45, 7) is 5.03. The molecule has 14 nitrogen and oxygen atoms in total. The fraction of sp³-hybridized carbons (Fsp3) is 0.625. The van der Waals surface area contributed by atoms with Crippen LogP contribution in [0, 0.1) is 17.8 Å². The van der Waals surface area contributed by atoms with Gasteiger partial charge in [-0.3, -0.25) is 19.1 Å². The zero-order valence-corrected chi connectivity index (χ0v) is 34.3. The number of alkyl carbamates (subject to hydrolysis) is 1. The quantitative estimate of drug-likeness (QED) is 0.277. The smallest absolute Gasteiger partial charge is 0.408 e. The number of carbonyl (C=O) groups is 4. The number of hydrogen-bond acceptors (Lipinski definition) is 10. The topological polar surface area (TPSA) is 182 Å². The predicted molar refractivity (Wildman–Crippen MR) is 206 cm³/mol. The first-order valence-corrected chi connectivity index (χ1v) is 21.0. The van der Waals surface area contributed by atoms with Crippen molar-refractivity contribution in [2.45, 2.75) is 120 Å². The minimum absolute atomic E-state index is 0.0141. The second-order valence-electron chi connectivity index (χ2n) is 16.9. The van der Waals surface area contributed by atoms with Gasteiger partial charge in [0.2, 0.25) is 33.6 Å². The number of carbonyl (C=O) groups excluding carboxylic acids is 4. The molecule has 0 spiro atoms. The summed E-state index contributed by atoms with van der Waals surface area (Å²) in [5, 5.41) is 6.64. The zero-order chi connectivity index (χ0) is 42.4. The number of benzene rings is 1. The Bertz CT molecular complexity index is 2070. The molecule has 4 amide bonds. The van der Waals surface area contributed by atoms with Gasteiger partial charge in [0.15, 0.2) is 5.60 Å². The first kappa shape index (κ1) is 43.0. The maximum absolute atomic E-state index is 14.8. The van der Waals surface area contributed by atoms with E-state index in [0.717, 1.165) is 19.2 Å². The lowest BCUT2D eigenvalue weighted by molar-refractivity contribution is -0.152. The van der Waals surface area contributed by atoms with E-state index in [1.54, 1.807) is 31.2 Å². The molecule has 6 rings (SSSR count). The summed E-state index contributed by atoms with van der Waals surface area (Å²) in [6.07, 6.45) is 3.03. The SMILES string of the molecule is COc1cc2ccccc2c(O[C@@H]2C[C@H]3C(=O)N[C@]4(C(=O)NS(=O)(=O)C5(CF)CC5)CC4/C=C\CC[C@H](C)C[C@@H](C)C(NC(=O)OC(C)(C)C(C)(F)F)C(=O)N3C2)n1. The van der Waals surface area contributed by atoms with Crippen molar-refractivity contribution in [3.05, 3.63) is 42.5 Å². The highest BCUT2D eigenvalue weighted by atomic mass is 32.2. The number of methoxy groups -OCH3 is 1. The Labute approximate surface area is 336 Å². The molecule has 2 aliphatic carbocycles. The maximum atomic E-state index is 14.8. The van der Waals surface area contributed by atoms with Gasteiger partial charge in [0, 0.05) is 30.7 Å². The number of fused-ring (bicyclic) bond motifs is 3. The van der Waals surface area contributed by atoms with Crippen molar-refractivity contribution in [3.8, 4) is 11.8 Å². The highest BCUT2D eigenvalue weighted by Gasteiger charge is 2.64. The molecular weight excluding hydrogens is 784 g/mol. The van der Waals surface area contributed by atoms with Crippen molar-refractivity contribution in [2.24, 2.45) is 17.8 Å². The number of halogens is 3. The van der Waals surface area contributed by atoms with Gasteiger partial charge in [-0.05, 0) is 75.7 Å². The third-order valence-corrected chi connectivity index (χ3v) is 14.2. The first-order valence-electron chi connectivity index (χ1n) is 19.6. The Morgan fingerprint density at radius 2 is 1.81 bits per heavy atom. The molecule has 4 aliphatic rings. The molecule has 3 heterocycles. The highest BCUT2D eigenvalue weighted by molar-refractivity contribution is 7.91. The van der Waals surface area contributed by atoms with Gasteiger partial charge in [-0.1, -0.05) is 44.2 Å². The molecule has 58 heavy (non-hydrogen) atoms. The molecule has 3 fully saturated rings. The van der Waals surface area contributed by atoms with E-state index in [4.69, 9.17) is 14.2 Å². The van der Waals surface area contributed by atoms with E-state index in [1.807, 2.05) is 29.9 Å². The van der Waals surface area contributed by atoms with Crippen LogP contribution in [-0.2, 0) is 29.1 Å². The third-order valence-electron chi connectivity index (χ3n) is 12.1. The van der Waals surface area contributed by atoms with E-state index in [0.29, 0.717) is 31.6 Å². The van der Waals surface area contributed by atoms with E-state index in [9.17, 15) is 40.8 Å². The standard InChI is InChI=1S/C40H52F3N5O9S/c1-23-11-7-9-13-26-20-40(26,35(51)47-58(53,54)39(22-41)15-16-39)46-32(49)29-19-27(56-33-28-14-10-8-12-25(28)18-30(44-33)55-6)21-48(29)34(50)31(24(2)17-23)45-36(52)57-37(3,4)38(5,42)43/h8-10,12-14,18,23-24,26-27,29,31H,7,11,15-17,19-22H2,1-6H3,(H,45,52)(H,46,49)(H,47,51)/b13-9-/t23-,24+,26?,27+,29-,31?,40+/m0/s1. The number of alkyl halides is 3. The first-order chi connectivity index (χ1) is 27.2. The number of pyridine rings is 1. The van der Waals surface area contributed by atoms with E-state index in [2.05, 4.69) is 15.6 Å². The van der Waals surface area contributed by atoms with Crippen molar-refractivity contribution in [3.63, 3.8) is 0 Å². The van der Waals surface area contributed by atoms with Crippen LogP contribution in [-0.4, -0.2) is 102 Å². The number of rotatable bonds is 10. The van der Waals surface area contributed by atoms with E-state index in [-0.39, 0.29) is 49.9 Å². The molecule has 3 N–H and O–H groups in total. The van der Waals surface area contributed by atoms with Crippen LogP contribution in [0.5, 0.6) is 11.8 Å². The molecule has 2 saturated carbocycles. The van der Waals surface area contributed by atoms with E-state index < -0.39 is 92.3 Å².